The maximum atomic E-state index is 12.3. The summed E-state index contributed by atoms with van der Waals surface area (Å²) in [6, 6.07) is 0. The third kappa shape index (κ3) is 2.43. The molecule has 1 rings (SSSR count). The van der Waals surface area contributed by atoms with Crippen LogP contribution < -0.4 is 0 Å². The molecule has 0 radical (unpaired) electrons. The molecule has 0 amide bonds. The van der Waals surface area contributed by atoms with Gasteiger partial charge in [0.05, 0.1) is 10.7 Å². The predicted molar refractivity (Wildman–Crippen MR) is 42.9 cm³/mol. The van der Waals surface area contributed by atoms with Gasteiger partial charge in [0.25, 0.3) is 0 Å². The maximum absolute atomic E-state index is 12.3. The standard InChI is InChI=1S/C5H6FNS.C2H6/c1-3-5(6)8-4(2)7-3;1-2/h1-2H3;1-2H3. The molecule has 1 aromatic heterocycles. The molecule has 3 heteroatoms. The molecule has 0 fully saturated rings. The minimum Gasteiger partial charge on any atom is -0.244 e. The van der Waals surface area contributed by atoms with Gasteiger partial charge in [-0.3, -0.25) is 0 Å². The largest absolute Gasteiger partial charge is 0.244 e. The quantitative estimate of drug-likeness (QED) is 0.570. The van der Waals surface area contributed by atoms with Gasteiger partial charge in [0.15, 0.2) is 5.13 Å². The number of hydrogen-bond donors (Lipinski definition) is 0. The summed E-state index contributed by atoms with van der Waals surface area (Å²) in [5.74, 6) is 0. The molecule has 0 bridgehead atoms. The van der Waals surface area contributed by atoms with E-state index in [1.807, 2.05) is 13.8 Å². The molecule has 0 aliphatic carbocycles. The van der Waals surface area contributed by atoms with Gasteiger partial charge in [-0.15, -0.1) is 0 Å². The third-order valence-corrected chi connectivity index (χ3v) is 1.71. The highest BCUT2D eigenvalue weighted by Gasteiger charge is 2.00. The van der Waals surface area contributed by atoms with Crippen molar-refractivity contribution >= 4 is 11.3 Å². The smallest absolute Gasteiger partial charge is 0.199 e. The van der Waals surface area contributed by atoms with Gasteiger partial charge in [-0.1, -0.05) is 25.2 Å². The van der Waals surface area contributed by atoms with Crippen LogP contribution in [0.2, 0.25) is 0 Å². The van der Waals surface area contributed by atoms with E-state index in [0.29, 0.717) is 5.69 Å². The van der Waals surface area contributed by atoms with Crippen LogP contribution in [0.1, 0.15) is 24.5 Å². The Kier molecular flexibility index (Phi) is 4.19. The van der Waals surface area contributed by atoms with E-state index in [9.17, 15) is 4.39 Å². The summed E-state index contributed by atoms with van der Waals surface area (Å²) in [5, 5.41) is 0.627. The van der Waals surface area contributed by atoms with Gasteiger partial charge in [0.1, 0.15) is 0 Å². The zero-order chi connectivity index (χ0) is 8.15. The maximum Gasteiger partial charge on any atom is 0.199 e. The number of thiazole rings is 1. The summed E-state index contributed by atoms with van der Waals surface area (Å²) in [4.78, 5) is 3.85. The monoisotopic (exact) mass is 161 g/mol. The van der Waals surface area contributed by atoms with Crippen molar-refractivity contribution < 1.29 is 4.39 Å². The zero-order valence-electron chi connectivity index (χ0n) is 6.73. The van der Waals surface area contributed by atoms with E-state index in [2.05, 4.69) is 4.98 Å². The zero-order valence-corrected chi connectivity index (χ0v) is 7.55. The first kappa shape index (κ1) is 9.56. The number of aromatic nitrogens is 1. The molecule has 0 aliphatic heterocycles. The van der Waals surface area contributed by atoms with Crippen molar-refractivity contribution in [2.24, 2.45) is 0 Å². The lowest BCUT2D eigenvalue weighted by Gasteiger charge is -1.73. The molecule has 0 spiro atoms. The van der Waals surface area contributed by atoms with Gasteiger partial charge in [-0.2, -0.15) is 4.39 Å². The third-order valence-electron chi connectivity index (χ3n) is 0.847. The molecule has 0 saturated heterocycles. The number of nitrogens with zero attached hydrogens (tertiary/aromatic N) is 1. The Morgan fingerprint density at radius 2 is 1.80 bits per heavy atom. The average molecular weight is 161 g/mol. The van der Waals surface area contributed by atoms with Crippen LogP contribution in [-0.2, 0) is 0 Å². The van der Waals surface area contributed by atoms with E-state index in [-0.39, 0.29) is 5.13 Å². The molecular formula is C7H12FNS. The fourth-order valence-corrected chi connectivity index (χ4v) is 1.14. The van der Waals surface area contributed by atoms with Crippen LogP contribution in [0.3, 0.4) is 0 Å². The Hall–Kier alpha value is -0.440. The number of hydrogen-bond acceptors (Lipinski definition) is 2. The molecule has 10 heavy (non-hydrogen) atoms. The van der Waals surface area contributed by atoms with Gasteiger partial charge in [-0.25, -0.2) is 4.98 Å². The van der Waals surface area contributed by atoms with E-state index >= 15 is 0 Å². The van der Waals surface area contributed by atoms with E-state index in [4.69, 9.17) is 0 Å². The molecule has 1 heterocycles. The van der Waals surface area contributed by atoms with Gasteiger partial charge in [0.2, 0.25) is 0 Å². The summed E-state index contributed by atoms with van der Waals surface area (Å²) in [5.41, 5.74) is 0.507. The van der Waals surface area contributed by atoms with E-state index in [1.54, 1.807) is 13.8 Å². The highest BCUT2D eigenvalue weighted by atomic mass is 32.1. The Bertz CT molecular complexity index is 176. The SMILES string of the molecule is CC.Cc1nc(C)c(F)s1. The van der Waals surface area contributed by atoms with Gasteiger partial charge < -0.3 is 0 Å². The summed E-state index contributed by atoms with van der Waals surface area (Å²) < 4.78 is 12.3. The Balaban J connectivity index is 0.000000371. The molecule has 0 N–H and O–H groups in total. The lowest BCUT2D eigenvalue weighted by atomic mass is 10.6. The molecule has 58 valence electrons. The molecule has 0 aromatic carbocycles. The minimum absolute atomic E-state index is 0.164. The first-order valence-corrected chi connectivity index (χ1v) is 4.11. The normalized spacial score (nSPS) is 8.50. The lowest BCUT2D eigenvalue weighted by Crippen LogP contribution is -1.72. The van der Waals surface area contributed by atoms with Crippen LogP contribution in [-0.4, -0.2) is 4.98 Å². The van der Waals surface area contributed by atoms with Crippen LogP contribution >= 0.6 is 11.3 Å². The Morgan fingerprint density at radius 1 is 1.30 bits per heavy atom. The van der Waals surface area contributed by atoms with E-state index < -0.39 is 0 Å². The fraction of sp³-hybridized carbons (Fsp3) is 0.571. The second kappa shape index (κ2) is 4.39. The first-order chi connectivity index (χ1) is 4.70. The van der Waals surface area contributed by atoms with Crippen molar-refractivity contribution in [1.82, 2.24) is 4.98 Å². The number of rotatable bonds is 0. The second-order valence-electron chi connectivity index (χ2n) is 1.59. The van der Waals surface area contributed by atoms with Crippen molar-refractivity contribution in [3.8, 4) is 0 Å². The van der Waals surface area contributed by atoms with Gasteiger partial charge in [-0.05, 0) is 13.8 Å². The van der Waals surface area contributed by atoms with Gasteiger partial charge >= 0.3 is 0 Å². The Morgan fingerprint density at radius 3 is 1.90 bits per heavy atom. The lowest BCUT2D eigenvalue weighted by molar-refractivity contribution is 0.643. The first-order valence-electron chi connectivity index (χ1n) is 3.29. The number of halogens is 1. The fourth-order valence-electron chi connectivity index (χ4n) is 0.506. The second-order valence-corrected chi connectivity index (χ2v) is 2.75. The van der Waals surface area contributed by atoms with Crippen molar-refractivity contribution in [3.63, 3.8) is 0 Å². The number of aryl methyl sites for hydroxylation is 2. The predicted octanol–water partition coefficient (Wildman–Crippen LogP) is 2.93. The highest BCUT2D eigenvalue weighted by molar-refractivity contribution is 7.09. The molecular weight excluding hydrogens is 149 g/mol. The van der Waals surface area contributed by atoms with E-state index in [0.717, 1.165) is 16.3 Å². The van der Waals surface area contributed by atoms with Crippen molar-refractivity contribution in [2.75, 3.05) is 0 Å². The van der Waals surface area contributed by atoms with Crippen LogP contribution in [0.5, 0.6) is 0 Å². The summed E-state index contributed by atoms with van der Waals surface area (Å²) in [6.07, 6.45) is 0. The van der Waals surface area contributed by atoms with Crippen LogP contribution in [0.25, 0.3) is 0 Å². The summed E-state index contributed by atoms with van der Waals surface area (Å²) in [7, 11) is 0. The molecule has 1 nitrogen and oxygen atoms in total. The van der Waals surface area contributed by atoms with Crippen molar-refractivity contribution in [3.05, 3.63) is 15.8 Å². The van der Waals surface area contributed by atoms with Gasteiger partial charge in [0, 0.05) is 0 Å². The van der Waals surface area contributed by atoms with Crippen molar-refractivity contribution in [1.29, 1.82) is 0 Å². The minimum atomic E-state index is -0.164. The summed E-state index contributed by atoms with van der Waals surface area (Å²) >= 11 is 1.09. The molecule has 1 aromatic rings. The van der Waals surface area contributed by atoms with Crippen LogP contribution in [0.15, 0.2) is 0 Å². The molecule has 0 atom stereocenters. The van der Waals surface area contributed by atoms with Crippen LogP contribution in [0, 0.1) is 19.0 Å². The average Bonchev–Trinajstić information content (AvgIpc) is 2.16. The summed E-state index contributed by atoms with van der Waals surface area (Å²) in [6.45, 7) is 7.46. The van der Waals surface area contributed by atoms with Crippen LogP contribution in [0.4, 0.5) is 4.39 Å². The van der Waals surface area contributed by atoms with Crippen molar-refractivity contribution in [2.45, 2.75) is 27.7 Å². The highest BCUT2D eigenvalue weighted by Crippen LogP contribution is 2.13. The molecule has 0 aliphatic rings. The van der Waals surface area contributed by atoms with E-state index in [1.165, 1.54) is 0 Å². The Labute approximate surface area is 64.9 Å². The topological polar surface area (TPSA) is 12.9 Å². The molecule has 0 saturated carbocycles. The molecule has 0 unspecified atom stereocenters.